The van der Waals surface area contributed by atoms with Gasteiger partial charge in [-0.1, -0.05) is 41.5 Å². The van der Waals surface area contributed by atoms with Crippen molar-refractivity contribution in [3.8, 4) is 0 Å². The predicted molar refractivity (Wildman–Crippen MR) is 75.9 cm³/mol. The maximum absolute atomic E-state index is 12.2. The highest BCUT2D eigenvalue weighted by molar-refractivity contribution is 6.20. The Kier molecular flexibility index (Phi) is 2.63. The summed E-state index contributed by atoms with van der Waals surface area (Å²) < 4.78 is 0. The minimum Gasteiger partial charge on any atom is -0.329 e. The summed E-state index contributed by atoms with van der Waals surface area (Å²) in [6.07, 6.45) is 0.568. The zero-order valence-electron chi connectivity index (χ0n) is 11.5. The molecule has 0 bridgehead atoms. The predicted octanol–water partition coefficient (Wildman–Crippen LogP) is 2.08. The number of rotatable bonds is 2. The van der Waals surface area contributed by atoms with E-state index in [1.54, 1.807) is 24.3 Å². The molecule has 5 heteroatoms. The Hall–Kier alpha value is -2.95. The molecule has 1 heterocycles. The molecule has 0 fully saturated rings. The molecule has 2 amide bonds. The number of imide groups is 1. The average Bonchev–Trinajstić information content (AvgIpc) is 2.74. The first-order valence-electron chi connectivity index (χ1n) is 6.94. The summed E-state index contributed by atoms with van der Waals surface area (Å²) in [5.41, 5.74) is 2.50. The molecule has 1 unspecified atom stereocenters. The van der Waals surface area contributed by atoms with Gasteiger partial charge in [0, 0.05) is 0 Å². The first-order chi connectivity index (χ1) is 10.7. The van der Waals surface area contributed by atoms with Gasteiger partial charge in [0.15, 0.2) is 0 Å². The van der Waals surface area contributed by atoms with Gasteiger partial charge in [0.2, 0.25) is 0 Å². The number of carbonyl (C=O) groups is 3. The van der Waals surface area contributed by atoms with E-state index in [2.05, 4.69) is 0 Å². The molecule has 108 valence electrons. The van der Waals surface area contributed by atoms with E-state index in [1.165, 1.54) is 0 Å². The maximum atomic E-state index is 12.2. The quantitative estimate of drug-likeness (QED) is 0.795. The lowest BCUT2D eigenvalue weighted by molar-refractivity contribution is -0.171. The summed E-state index contributed by atoms with van der Waals surface area (Å²) in [5.74, 6) is -2.18. The molecule has 1 aliphatic heterocycles. The third-order valence-corrected chi connectivity index (χ3v) is 4.08. The lowest BCUT2D eigenvalue weighted by Gasteiger charge is -2.28. The van der Waals surface area contributed by atoms with Crippen molar-refractivity contribution < 1.29 is 19.2 Å². The second kappa shape index (κ2) is 4.53. The van der Waals surface area contributed by atoms with Crippen molar-refractivity contribution in [2.45, 2.75) is 12.3 Å². The van der Waals surface area contributed by atoms with Gasteiger partial charge in [-0.25, -0.2) is 4.79 Å². The fraction of sp³-hybridized carbons (Fsp3) is 0.118. The van der Waals surface area contributed by atoms with Crippen LogP contribution in [0.15, 0.2) is 48.5 Å². The molecule has 2 aromatic rings. The van der Waals surface area contributed by atoms with Crippen LogP contribution in [-0.4, -0.2) is 22.8 Å². The monoisotopic (exact) mass is 293 g/mol. The molecule has 0 spiro atoms. The third-order valence-electron chi connectivity index (χ3n) is 4.08. The van der Waals surface area contributed by atoms with Crippen LogP contribution in [0, 0.1) is 0 Å². The van der Waals surface area contributed by atoms with E-state index >= 15 is 0 Å². The van der Waals surface area contributed by atoms with Crippen LogP contribution in [0.4, 0.5) is 0 Å². The van der Waals surface area contributed by atoms with Crippen molar-refractivity contribution in [3.63, 3.8) is 0 Å². The Balaban J connectivity index is 1.55. The van der Waals surface area contributed by atoms with Gasteiger partial charge < -0.3 is 4.84 Å². The SMILES string of the molecule is O=C(ON1C(=O)c2ccccc2C1=O)C1Cc2ccccc21. The fourth-order valence-electron chi connectivity index (χ4n) is 2.87. The first kappa shape index (κ1) is 12.8. The highest BCUT2D eigenvalue weighted by Crippen LogP contribution is 2.36. The van der Waals surface area contributed by atoms with Crippen LogP contribution in [0.5, 0.6) is 0 Å². The molecule has 1 atom stereocenters. The number of hydroxylamine groups is 2. The summed E-state index contributed by atoms with van der Waals surface area (Å²) in [6, 6.07) is 14.0. The van der Waals surface area contributed by atoms with E-state index in [-0.39, 0.29) is 11.1 Å². The van der Waals surface area contributed by atoms with Crippen molar-refractivity contribution in [2.75, 3.05) is 0 Å². The molecule has 5 nitrogen and oxygen atoms in total. The third kappa shape index (κ3) is 1.69. The number of carbonyl (C=O) groups excluding carboxylic acids is 3. The van der Waals surface area contributed by atoms with Gasteiger partial charge in [0.25, 0.3) is 11.8 Å². The zero-order valence-corrected chi connectivity index (χ0v) is 11.5. The van der Waals surface area contributed by atoms with E-state index < -0.39 is 23.7 Å². The molecular weight excluding hydrogens is 282 g/mol. The fourth-order valence-corrected chi connectivity index (χ4v) is 2.87. The van der Waals surface area contributed by atoms with Crippen molar-refractivity contribution in [3.05, 3.63) is 70.8 Å². The van der Waals surface area contributed by atoms with E-state index in [4.69, 9.17) is 4.84 Å². The average molecular weight is 293 g/mol. The second-order valence-corrected chi connectivity index (χ2v) is 5.32. The summed E-state index contributed by atoms with van der Waals surface area (Å²) in [5, 5.41) is 0.563. The van der Waals surface area contributed by atoms with Crippen LogP contribution >= 0.6 is 0 Å². The van der Waals surface area contributed by atoms with Gasteiger partial charge in [-0.2, -0.15) is 0 Å². The van der Waals surface area contributed by atoms with Gasteiger partial charge in [-0.3, -0.25) is 9.59 Å². The number of nitrogens with zero attached hydrogens (tertiary/aromatic N) is 1. The van der Waals surface area contributed by atoms with E-state index in [0.717, 1.165) is 11.1 Å². The van der Waals surface area contributed by atoms with Crippen LogP contribution < -0.4 is 0 Å². The molecule has 1 aliphatic carbocycles. The van der Waals surface area contributed by atoms with Gasteiger partial charge in [0.1, 0.15) is 0 Å². The molecule has 0 saturated heterocycles. The van der Waals surface area contributed by atoms with Gasteiger partial charge in [0.05, 0.1) is 17.0 Å². The zero-order chi connectivity index (χ0) is 15.3. The van der Waals surface area contributed by atoms with Gasteiger partial charge in [-0.15, -0.1) is 0 Å². The minimum atomic E-state index is -0.596. The Bertz CT molecular complexity index is 792. The lowest BCUT2D eigenvalue weighted by Crippen LogP contribution is -2.37. The Labute approximate surface area is 126 Å². The van der Waals surface area contributed by atoms with Crippen molar-refractivity contribution in [2.24, 2.45) is 0 Å². The summed E-state index contributed by atoms with van der Waals surface area (Å²) in [7, 11) is 0. The number of hydrogen-bond donors (Lipinski definition) is 0. The first-order valence-corrected chi connectivity index (χ1v) is 6.94. The lowest BCUT2D eigenvalue weighted by atomic mass is 9.78. The second-order valence-electron chi connectivity index (χ2n) is 5.32. The Morgan fingerprint density at radius 2 is 1.55 bits per heavy atom. The van der Waals surface area contributed by atoms with Crippen molar-refractivity contribution >= 4 is 17.8 Å². The molecule has 2 aliphatic rings. The van der Waals surface area contributed by atoms with Crippen LogP contribution in [0.1, 0.15) is 37.8 Å². The highest BCUT2D eigenvalue weighted by atomic mass is 16.7. The van der Waals surface area contributed by atoms with Crippen molar-refractivity contribution in [1.82, 2.24) is 5.06 Å². The Morgan fingerprint density at radius 3 is 2.18 bits per heavy atom. The largest absolute Gasteiger partial charge is 0.340 e. The van der Waals surface area contributed by atoms with Crippen LogP contribution in [0.3, 0.4) is 0 Å². The van der Waals surface area contributed by atoms with Gasteiger partial charge >= 0.3 is 5.97 Å². The summed E-state index contributed by atoms with van der Waals surface area (Å²) in [6.45, 7) is 0. The normalized spacial score (nSPS) is 18.5. The van der Waals surface area contributed by atoms with E-state index in [0.29, 0.717) is 11.5 Å². The molecule has 0 saturated carbocycles. The number of benzene rings is 2. The molecule has 0 aromatic heterocycles. The molecule has 0 radical (unpaired) electrons. The molecule has 2 aromatic carbocycles. The van der Waals surface area contributed by atoms with E-state index in [1.807, 2.05) is 24.3 Å². The molecule has 0 N–H and O–H groups in total. The van der Waals surface area contributed by atoms with E-state index in [9.17, 15) is 14.4 Å². The van der Waals surface area contributed by atoms with Crippen molar-refractivity contribution in [1.29, 1.82) is 0 Å². The topological polar surface area (TPSA) is 63.7 Å². The maximum Gasteiger partial charge on any atom is 0.340 e. The summed E-state index contributed by atoms with van der Waals surface area (Å²) >= 11 is 0. The van der Waals surface area contributed by atoms with Crippen LogP contribution in [-0.2, 0) is 16.1 Å². The minimum absolute atomic E-state index is 0.259. The Morgan fingerprint density at radius 1 is 0.955 bits per heavy atom. The number of hydrogen-bond acceptors (Lipinski definition) is 4. The molecule has 22 heavy (non-hydrogen) atoms. The smallest absolute Gasteiger partial charge is 0.329 e. The number of fused-ring (bicyclic) bond motifs is 2. The highest BCUT2D eigenvalue weighted by Gasteiger charge is 2.41. The molecule has 4 rings (SSSR count). The standard InChI is InChI=1S/C17H11NO4/c19-15-12-7-3-4-8-13(12)16(20)18(15)22-17(21)14-9-10-5-1-2-6-11(10)14/h1-8,14H,9H2. The van der Waals surface area contributed by atoms with Crippen LogP contribution in [0.2, 0.25) is 0 Å². The molecular formula is C17H11NO4. The number of amides is 2. The summed E-state index contributed by atoms with van der Waals surface area (Å²) in [4.78, 5) is 41.6. The van der Waals surface area contributed by atoms with Gasteiger partial charge in [-0.05, 0) is 29.7 Å². The van der Waals surface area contributed by atoms with Crippen LogP contribution in [0.25, 0.3) is 0 Å².